The van der Waals surface area contributed by atoms with Gasteiger partial charge in [0.05, 0.1) is 18.3 Å². The van der Waals surface area contributed by atoms with Crippen LogP contribution in [0.3, 0.4) is 0 Å². The molecule has 6 nitrogen and oxygen atoms in total. The van der Waals surface area contributed by atoms with Gasteiger partial charge in [0.15, 0.2) is 5.96 Å². The van der Waals surface area contributed by atoms with Crippen molar-refractivity contribution in [2.75, 3.05) is 19.7 Å². The Balaban J connectivity index is 0.00000338. The molecule has 0 spiro atoms. The fourth-order valence-electron chi connectivity index (χ4n) is 3.20. The van der Waals surface area contributed by atoms with Crippen molar-refractivity contribution in [3.05, 3.63) is 17.0 Å². The van der Waals surface area contributed by atoms with Crippen LogP contribution in [0, 0.1) is 0 Å². The molecule has 2 N–H and O–H groups in total. The molecule has 1 saturated carbocycles. The molecule has 150 valence electrons. The van der Waals surface area contributed by atoms with Gasteiger partial charge >= 0.3 is 0 Å². The summed E-state index contributed by atoms with van der Waals surface area (Å²) in [5, 5.41) is 10.8. The van der Waals surface area contributed by atoms with E-state index in [9.17, 15) is 0 Å². The standard InChI is InChI=1S/C19H34N4O2.HI/c1-4-17-16(18(5-2)25-23-17)14-22-19(20-6-3)21-12-9-13-24-15-10-7-8-11-15;/h15H,4-14H2,1-3H3,(H2,20,21,22);1H. The van der Waals surface area contributed by atoms with Gasteiger partial charge in [0.2, 0.25) is 0 Å². The van der Waals surface area contributed by atoms with Gasteiger partial charge in [0.25, 0.3) is 0 Å². The number of aliphatic imine (C=N–C) groups is 1. The Kier molecular flexibility index (Phi) is 11.9. The fourth-order valence-corrected chi connectivity index (χ4v) is 3.20. The molecule has 1 aliphatic carbocycles. The molecule has 1 aromatic rings. The topological polar surface area (TPSA) is 71.7 Å². The predicted molar refractivity (Wildman–Crippen MR) is 116 cm³/mol. The van der Waals surface area contributed by atoms with Crippen LogP contribution in [0.25, 0.3) is 0 Å². The lowest BCUT2D eigenvalue weighted by Gasteiger charge is -2.13. The summed E-state index contributed by atoms with van der Waals surface area (Å²) in [4.78, 5) is 4.70. The molecule has 26 heavy (non-hydrogen) atoms. The molecular formula is C19H35IN4O2. The van der Waals surface area contributed by atoms with Crippen LogP contribution in [-0.2, 0) is 24.1 Å². The molecule has 0 bridgehead atoms. The minimum Gasteiger partial charge on any atom is -0.378 e. The molecular weight excluding hydrogens is 443 g/mol. The zero-order valence-corrected chi connectivity index (χ0v) is 18.8. The third-order valence-electron chi connectivity index (χ3n) is 4.62. The van der Waals surface area contributed by atoms with Crippen LogP contribution in [-0.4, -0.2) is 36.9 Å². The SMILES string of the molecule is CCNC(=NCc1c(CC)noc1CC)NCCCOC1CCCC1.I. The lowest BCUT2D eigenvalue weighted by Crippen LogP contribution is -2.38. The summed E-state index contributed by atoms with van der Waals surface area (Å²) in [6, 6.07) is 0. The van der Waals surface area contributed by atoms with Gasteiger partial charge in [-0.1, -0.05) is 31.8 Å². The third-order valence-corrected chi connectivity index (χ3v) is 4.62. The average molecular weight is 478 g/mol. The molecule has 0 unspecified atom stereocenters. The molecule has 0 radical (unpaired) electrons. The average Bonchev–Trinajstić information content (AvgIpc) is 3.28. The first-order valence-corrected chi connectivity index (χ1v) is 9.88. The number of rotatable bonds is 10. The molecule has 0 aromatic carbocycles. The molecule has 0 aliphatic heterocycles. The van der Waals surface area contributed by atoms with E-state index in [2.05, 4.69) is 36.6 Å². The Morgan fingerprint density at radius 2 is 1.96 bits per heavy atom. The highest BCUT2D eigenvalue weighted by atomic mass is 127. The minimum atomic E-state index is 0. The monoisotopic (exact) mass is 478 g/mol. The molecule has 1 fully saturated rings. The van der Waals surface area contributed by atoms with Gasteiger partial charge in [-0.3, -0.25) is 0 Å². The van der Waals surface area contributed by atoms with Crippen LogP contribution in [0.4, 0.5) is 0 Å². The summed E-state index contributed by atoms with van der Waals surface area (Å²) in [5.74, 6) is 1.79. The Labute approximate surface area is 174 Å². The van der Waals surface area contributed by atoms with Crippen LogP contribution in [0.2, 0.25) is 0 Å². The maximum Gasteiger partial charge on any atom is 0.191 e. The Morgan fingerprint density at radius 3 is 2.62 bits per heavy atom. The first kappa shape index (κ1) is 23.2. The van der Waals surface area contributed by atoms with Gasteiger partial charge in [-0.25, -0.2) is 4.99 Å². The van der Waals surface area contributed by atoms with E-state index < -0.39 is 0 Å². The number of guanidine groups is 1. The third kappa shape index (κ3) is 7.42. The zero-order valence-electron chi connectivity index (χ0n) is 16.5. The van der Waals surface area contributed by atoms with Crippen LogP contribution >= 0.6 is 24.0 Å². The number of hydrogen-bond donors (Lipinski definition) is 2. The number of hydrogen-bond acceptors (Lipinski definition) is 4. The molecule has 7 heteroatoms. The molecule has 0 atom stereocenters. The lowest BCUT2D eigenvalue weighted by molar-refractivity contribution is 0.0574. The van der Waals surface area contributed by atoms with Crippen molar-refractivity contribution < 1.29 is 9.26 Å². The number of nitrogens with one attached hydrogen (secondary N) is 2. The maximum atomic E-state index is 5.90. The van der Waals surface area contributed by atoms with Crippen LogP contribution in [0.1, 0.15) is 69.9 Å². The molecule has 0 saturated heterocycles. The second-order valence-corrected chi connectivity index (χ2v) is 6.49. The lowest BCUT2D eigenvalue weighted by atomic mass is 10.1. The number of ether oxygens (including phenoxy) is 1. The summed E-state index contributed by atoms with van der Waals surface area (Å²) in [7, 11) is 0. The normalized spacial score (nSPS) is 15.1. The minimum absolute atomic E-state index is 0. The second kappa shape index (κ2) is 13.4. The van der Waals surface area contributed by atoms with Crippen molar-refractivity contribution in [3.8, 4) is 0 Å². The Bertz CT molecular complexity index is 506. The number of nitrogens with zero attached hydrogens (tertiary/aromatic N) is 2. The predicted octanol–water partition coefficient (Wildman–Crippen LogP) is 3.82. The second-order valence-electron chi connectivity index (χ2n) is 6.49. The van der Waals surface area contributed by atoms with Gasteiger partial charge < -0.3 is 19.9 Å². The van der Waals surface area contributed by atoms with Crippen molar-refractivity contribution in [2.24, 2.45) is 4.99 Å². The molecule has 2 rings (SSSR count). The first-order chi connectivity index (χ1) is 12.3. The van der Waals surface area contributed by atoms with Gasteiger partial charge in [0, 0.05) is 31.7 Å². The van der Waals surface area contributed by atoms with Crippen LogP contribution in [0.5, 0.6) is 0 Å². The molecule has 1 aliphatic rings. The Hall–Kier alpha value is -0.830. The van der Waals surface area contributed by atoms with Gasteiger partial charge in [-0.2, -0.15) is 0 Å². The van der Waals surface area contributed by atoms with Crippen molar-refractivity contribution in [3.63, 3.8) is 0 Å². The van der Waals surface area contributed by atoms with Crippen LogP contribution < -0.4 is 10.6 Å². The highest BCUT2D eigenvalue weighted by Crippen LogP contribution is 2.20. The summed E-state index contributed by atoms with van der Waals surface area (Å²) >= 11 is 0. The van der Waals surface area contributed by atoms with E-state index in [0.29, 0.717) is 12.6 Å². The van der Waals surface area contributed by atoms with E-state index in [0.717, 1.165) is 61.9 Å². The van der Waals surface area contributed by atoms with E-state index >= 15 is 0 Å². The van der Waals surface area contributed by atoms with Crippen LogP contribution in [0.15, 0.2) is 9.52 Å². The van der Waals surface area contributed by atoms with Crippen molar-refractivity contribution in [2.45, 2.75) is 78.4 Å². The first-order valence-electron chi connectivity index (χ1n) is 9.88. The molecule has 1 aromatic heterocycles. The zero-order chi connectivity index (χ0) is 17.9. The quantitative estimate of drug-likeness (QED) is 0.232. The number of halogens is 1. The van der Waals surface area contributed by atoms with Crippen molar-refractivity contribution >= 4 is 29.9 Å². The summed E-state index contributed by atoms with van der Waals surface area (Å²) in [6.07, 6.45) is 8.32. The van der Waals surface area contributed by atoms with E-state index in [-0.39, 0.29) is 24.0 Å². The summed E-state index contributed by atoms with van der Waals surface area (Å²) in [6.45, 7) is 9.39. The van der Waals surface area contributed by atoms with Gasteiger partial charge in [-0.15, -0.1) is 24.0 Å². The number of aromatic nitrogens is 1. The maximum absolute atomic E-state index is 5.90. The van der Waals surface area contributed by atoms with E-state index in [4.69, 9.17) is 14.3 Å². The summed E-state index contributed by atoms with van der Waals surface area (Å²) < 4.78 is 11.3. The van der Waals surface area contributed by atoms with E-state index in [1.807, 2.05) is 0 Å². The smallest absolute Gasteiger partial charge is 0.191 e. The van der Waals surface area contributed by atoms with E-state index in [1.54, 1.807) is 0 Å². The molecule has 1 heterocycles. The molecule has 0 amide bonds. The fraction of sp³-hybridized carbons (Fsp3) is 0.789. The highest BCUT2D eigenvalue weighted by molar-refractivity contribution is 14.0. The van der Waals surface area contributed by atoms with E-state index in [1.165, 1.54) is 25.7 Å². The van der Waals surface area contributed by atoms with Gasteiger partial charge in [0.1, 0.15) is 5.76 Å². The largest absolute Gasteiger partial charge is 0.378 e. The van der Waals surface area contributed by atoms with Crippen molar-refractivity contribution in [1.82, 2.24) is 15.8 Å². The van der Waals surface area contributed by atoms with Gasteiger partial charge in [-0.05, 0) is 32.6 Å². The number of aryl methyl sites for hydroxylation is 2. The Morgan fingerprint density at radius 1 is 1.19 bits per heavy atom. The highest BCUT2D eigenvalue weighted by Gasteiger charge is 2.15. The summed E-state index contributed by atoms with van der Waals surface area (Å²) in [5.41, 5.74) is 2.15. The van der Waals surface area contributed by atoms with Crippen molar-refractivity contribution in [1.29, 1.82) is 0 Å².